The van der Waals surface area contributed by atoms with Crippen LogP contribution in [0, 0.1) is 0 Å². The molecule has 0 saturated carbocycles. The third-order valence-electron chi connectivity index (χ3n) is 6.00. The van der Waals surface area contributed by atoms with Crippen molar-refractivity contribution in [3.05, 3.63) is 58.6 Å². The van der Waals surface area contributed by atoms with Crippen molar-refractivity contribution < 1.29 is 9.90 Å². The second-order valence-electron chi connectivity index (χ2n) is 8.23. The first-order chi connectivity index (χ1) is 15.8. The Morgan fingerprint density at radius 1 is 1.18 bits per heavy atom. The van der Waals surface area contributed by atoms with E-state index in [2.05, 4.69) is 38.0 Å². The molecule has 174 valence electrons. The van der Waals surface area contributed by atoms with Crippen molar-refractivity contribution in [1.29, 1.82) is 0 Å². The molecule has 2 aromatic carbocycles. The van der Waals surface area contributed by atoms with Crippen LogP contribution in [0.2, 0.25) is 5.02 Å². The number of aliphatic carboxylic acids is 1. The van der Waals surface area contributed by atoms with Crippen LogP contribution in [-0.2, 0) is 4.79 Å². The molecule has 0 radical (unpaired) electrons. The Balaban J connectivity index is 1.60. The fourth-order valence-corrected chi connectivity index (χ4v) is 4.53. The number of fused-ring (bicyclic) bond motifs is 1. The highest BCUT2D eigenvalue weighted by molar-refractivity contribution is 6.30. The molecule has 33 heavy (non-hydrogen) atoms. The summed E-state index contributed by atoms with van der Waals surface area (Å²) in [6.45, 7) is 3.93. The van der Waals surface area contributed by atoms with Gasteiger partial charge in [-0.25, -0.2) is 4.99 Å². The topological polar surface area (TPSA) is 124 Å². The number of nitrogens with zero attached hydrogens (tertiary/aromatic N) is 5. The Bertz CT molecular complexity index is 1090. The summed E-state index contributed by atoms with van der Waals surface area (Å²) in [5, 5.41) is 9.56. The monoisotopic (exact) mass is 469 g/mol. The molecule has 0 bridgehead atoms. The van der Waals surface area contributed by atoms with Crippen LogP contribution in [0.3, 0.4) is 0 Å². The zero-order valence-electron chi connectivity index (χ0n) is 18.5. The Morgan fingerprint density at radius 3 is 2.64 bits per heavy atom. The van der Waals surface area contributed by atoms with Crippen molar-refractivity contribution in [3.63, 3.8) is 0 Å². The van der Waals surface area contributed by atoms with E-state index in [1.165, 1.54) is 0 Å². The third-order valence-corrected chi connectivity index (χ3v) is 6.24. The highest BCUT2D eigenvalue weighted by Crippen LogP contribution is 2.40. The van der Waals surface area contributed by atoms with E-state index in [1.54, 1.807) is 6.07 Å². The molecule has 2 heterocycles. The number of piperazine rings is 1. The number of nitrogens with two attached hydrogens (primary N) is 2. The van der Waals surface area contributed by atoms with Gasteiger partial charge in [0.25, 0.3) is 0 Å². The van der Waals surface area contributed by atoms with E-state index in [0.29, 0.717) is 17.5 Å². The van der Waals surface area contributed by atoms with Gasteiger partial charge in [-0.3, -0.25) is 9.69 Å². The maximum Gasteiger partial charge on any atom is 0.304 e. The van der Waals surface area contributed by atoms with E-state index >= 15 is 0 Å². The molecule has 1 saturated heterocycles. The van der Waals surface area contributed by atoms with Crippen LogP contribution in [0.4, 0.5) is 11.4 Å². The number of anilines is 1. The second-order valence-corrected chi connectivity index (χ2v) is 8.67. The summed E-state index contributed by atoms with van der Waals surface area (Å²) in [6, 6.07) is 13.9. The SMILES string of the molecule is CN1C(N=C(N)N)=Nc2ccc(Cl)cc2C1c1cccc(N2CCN(CCC(=O)O)CC2)c1. The lowest BCUT2D eigenvalue weighted by molar-refractivity contribution is -0.137. The number of aliphatic imine (C=N–C) groups is 2. The molecule has 1 fully saturated rings. The molecular formula is C23H28ClN7O2. The molecule has 0 spiro atoms. The average Bonchev–Trinajstić information content (AvgIpc) is 2.78. The van der Waals surface area contributed by atoms with Gasteiger partial charge in [-0.05, 0) is 35.9 Å². The molecule has 4 rings (SSSR count). The highest BCUT2D eigenvalue weighted by Gasteiger charge is 2.30. The predicted molar refractivity (Wildman–Crippen MR) is 131 cm³/mol. The minimum atomic E-state index is -0.759. The predicted octanol–water partition coefficient (Wildman–Crippen LogP) is 2.23. The number of carboxylic acids is 1. The van der Waals surface area contributed by atoms with Gasteiger partial charge in [0.2, 0.25) is 5.96 Å². The maximum absolute atomic E-state index is 10.9. The lowest BCUT2D eigenvalue weighted by Crippen LogP contribution is -2.47. The average molecular weight is 470 g/mol. The van der Waals surface area contributed by atoms with E-state index < -0.39 is 5.97 Å². The van der Waals surface area contributed by atoms with Crippen molar-refractivity contribution in [2.45, 2.75) is 12.5 Å². The first kappa shape index (κ1) is 22.9. The van der Waals surface area contributed by atoms with Gasteiger partial charge in [-0.15, -0.1) is 0 Å². The van der Waals surface area contributed by atoms with Gasteiger partial charge < -0.3 is 26.4 Å². The number of benzene rings is 2. The molecule has 0 aliphatic carbocycles. The molecule has 0 amide bonds. The summed E-state index contributed by atoms with van der Waals surface area (Å²) < 4.78 is 0. The number of carbonyl (C=O) groups is 1. The van der Waals surface area contributed by atoms with E-state index in [9.17, 15) is 4.79 Å². The van der Waals surface area contributed by atoms with Crippen LogP contribution in [0.1, 0.15) is 23.6 Å². The van der Waals surface area contributed by atoms with Crippen molar-refractivity contribution in [2.75, 3.05) is 44.7 Å². The zero-order valence-corrected chi connectivity index (χ0v) is 19.2. The molecule has 1 unspecified atom stereocenters. The fourth-order valence-electron chi connectivity index (χ4n) is 4.35. The summed E-state index contributed by atoms with van der Waals surface area (Å²) in [7, 11) is 1.91. The van der Waals surface area contributed by atoms with Crippen molar-refractivity contribution in [3.8, 4) is 0 Å². The van der Waals surface area contributed by atoms with Gasteiger partial charge in [0.05, 0.1) is 18.2 Å². The second kappa shape index (κ2) is 9.68. The van der Waals surface area contributed by atoms with Crippen LogP contribution in [0.5, 0.6) is 0 Å². The van der Waals surface area contributed by atoms with Gasteiger partial charge in [-0.2, -0.15) is 4.99 Å². The quantitative estimate of drug-likeness (QED) is 0.453. The minimum absolute atomic E-state index is 0.0497. The van der Waals surface area contributed by atoms with Gasteiger partial charge in [0.1, 0.15) is 0 Å². The molecule has 10 heteroatoms. The summed E-state index contributed by atoms with van der Waals surface area (Å²) >= 11 is 6.33. The van der Waals surface area contributed by atoms with Crippen LogP contribution in [-0.4, -0.2) is 72.6 Å². The van der Waals surface area contributed by atoms with Crippen LogP contribution < -0.4 is 16.4 Å². The smallest absolute Gasteiger partial charge is 0.304 e. The van der Waals surface area contributed by atoms with Crippen LogP contribution in [0.15, 0.2) is 52.4 Å². The third kappa shape index (κ3) is 5.20. The lowest BCUT2D eigenvalue weighted by Gasteiger charge is -2.37. The minimum Gasteiger partial charge on any atom is -0.481 e. The van der Waals surface area contributed by atoms with Gasteiger partial charge in [0.15, 0.2) is 5.96 Å². The summed E-state index contributed by atoms with van der Waals surface area (Å²) in [6.07, 6.45) is 0.172. The Labute approximate surface area is 198 Å². The van der Waals surface area contributed by atoms with Crippen molar-refractivity contribution in [1.82, 2.24) is 9.80 Å². The molecule has 1 atom stereocenters. The first-order valence-corrected chi connectivity index (χ1v) is 11.2. The Kier molecular flexibility index (Phi) is 6.71. The summed E-state index contributed by atoms with van der Waals surface area (Å²) in [4.78, 5) is 26.2. The van der Waals surface area contributed by atoms with Gasteiger partial charge >= 0.3 is 5.97 Å². The number of hydrogen-bond acceptors (Lipinski definition) is 6. The van der Waals surface area contributed by atoms with E-state index in [0.717, 1.165) is 48.7 Å². The lowest BCUT2D eigenvalue weighted by atomic mass is 9.94. The van der Waals surface area contributed by atoms with E-state index in [-0.39, 0.29) is 18.4 Å². The first-order valence-electron chi connectivity index (χ1n) is 10.8. The number of rotatable bonds is 5. The molecule has 2 aromatic rings. The van der Waals surface area contributed by atoms with Gasteiger partial charge in [0, 0.05) is 56.0 Å². The largest absolute Gasteiger partial charge is 0.481 e. The number of guanidine groups is 2. The molecule has 9 nitrogen and oxygen atoms in total. The standard InChI is InChI=1S/C23H28ClN7O2/c1-29-21(18-14-16(24)5-6-19(18)27-23(29)28-22(25)26)15-3-2-4-17(13-15)31-11-9-30(10-12-31)8-7-20(32)33/h2-6,13-14,21H,7-12H2,1H3,(H,32,33)(H4,25,26,27,28). The number of carboxylic acid groups (broad SMARTS) is 1. The normalized spacial score (nSPS) is 18.5. The Morgan fingerprint density at radius 2 is 1.94 bits per heavy atom. The molecule has 2 aliphatic heterocycles. The number of hydrogen-bond donors (Lipinski definition) is 3. The molecule has 2 aliphatic rings. The maximum atomic E-state index is 10.9. The van der Waals surface area contributed by atoms with E-state index in [4.69, 9.17) is 28.2 Å². The molecule has 5 N–H and O–H groups in total. The van der Waals surface area contributed by atoms with Gasteiger partial charge in [-0.1, -0.05) is 23.7 Å². The van der Waals surface area contributed by atoms with E-state index in [1.807, 2.05) is 30.1 Å². The molecular weight excluding hydrogens is 442 g/mol. The highest BCUT2D eigenvalue weighted by atomic mass is 35.5. The number of halogens is 1. The van der Waals surface area contributed by atoms with Crippen molar-refractivity contribution >= 4 is 40.9 Å². The van der Waals surface area contributed by atoms with Crippen LogP contribution in [0.25, 0.3) is 0 Å². The fraction of sp³-hybridized carbons (Fsp3) is 0.348. The van der Waals surface area contributed by atoms with Crippen LogP contribution >= 0.6 is 11.6 Å². The molecule has 0 aromatic heterocycles. The van der Waals surface area contributed by atoms with Crippen molar-refractivity contribution in [2.24, 2.45) is 21.5 Å². The zero-order chi connectivity index (χ0) is 23.5. The Hall–Kier alpha value is -3.30. The summed E-state index contributed by atoms with van der Waals surface area (Å²) in [5.74, 6) is -0.371. The summed E-state index contributed by atoms with van der Waals surface area (Å²) in [5.41, 5.74) is 15.2.